The SMILES string of the molecule is CCOc1ccc(/C=N/N2C(=O)c3ccccc3NC2(C)c2cccc([N+](=O)[O-])c2)cc1OC. The van der Waals surface area contributed by atoms with E-state index in [0.29, 0.717) is 40.5 Å². The number of nitro benzene ring substituents is 1. The highest BCUT2D eigenvalue weighted by Crippen LogP contribution is 2.39. The van der Waals surface area contributed by atoms with Gasteiger partial charge in [0.15, 0.2) is 17.2 Å². The van der Waals surface area contributed by atoms with E-state index < -0.39 is 10.6 Å². The molecule has 3 aromatic rings. The lowest BCUT2D eigenvalue weighted by Crippen LogP contribution is -2.53. The Bertz CT molecular complexity index is 1280. The zero-order valence-electron chi connectivity index (χ0n) is 19.0. The van der Waals surface area contributed by atoms with E-state index in [4.69, 9.17) is 9.47 Å². The normalized spacial score (nSPS) is 17.3. The number of para-hydroxylation sites is 1. The van der Waals surface area contributed by atoms with Crippen LogP contribution in [-0.4, -0.2) is 35.8 Å². The third kappa shape index (κ3) is 4.15. The summed E-state index contributed by atoms with van der Waals surface area (Å²) in [6.45, 7) is 4.14. The number of nitro groups is 1. The Morgan fingerprint density at radius 3 is 2.65 bits per heavy atom. The van der Waals surface area contributed by atoms with Crippen molar-refractivity contribution < 1.29 is 19.2 Å². The second kappa shape index (κ2) is 9.22. The quantitative estimate of drug-likeness (QED) is 0.309. The van der Waals surface area contributed by atoms with Gasteiger partial charge >= 0.3 is 0 Å². The predicted molar refractivity (Wildman–Crippen MR) is 128 cm³/mol. The smallest absolute Gasteiger partial charge is 0.278 e. The Kier molecular flexibility index (Phi) is 6.18. The maximum atomic E-state index is 13.5. The number of hydrogen-bond acceptors (Lipinski definition) is 7. The van der Waals surface area contributed by atoms with Crippen LogP contribution < -0.4 is 14.8 Å². The van der Waals surface area contributed by atoms with E-state index >= 15 is 0 Å². The highest BCUT2D eigenvalue weighted by atomic mass is 16.6. The van der Waals surface area contributed by atoms with Crippen molar-refractivity contribution in [3.63, 3.8) is 0 Å². The minimum absolute atomic E-state index is 0.0768. The lowest BCUT2D eigenvalue weighted by Gasteiger charge is -2.43. The van der Waals surface area contributed by atoms with Crippen LogP contribution in [0.4, 0.5) is 11.4 Å². The second-order valence-corrected chi connectivity index (χ2v) is 7.76. The van der Waals surface area contributed by atoms with Crippen molar-refractivity contribution in [1.82, 2.24) is 5.01 Å². The molecule has 1 N–H and O–H groups in total. The molecule has 0 spiro atoms. The summed E-state index contributed by atoms with van der Waals surface area (Å²) in [7, 11) is 1.55. The van der Waals surface area contributed by atoms with Crippen LogP contribution in [0.5, 0.6) is 11.5 Å². The fourth-order valence-corrected chi connectivity index (χ4v) is 3.86. The number of ether oxygens (including phenoxy) is 2. The van der Waals surface area contributed by atoms with Crippen LogP contribution in [0, 0.1) is 10.1 Å². The molecule has 4 rings (SSSR count). The number of carbonyl (C=O) groups excluding carboxylic acids is 1. The molecule has 34 heavy (non-hydrogen) atoms. The highest BCUT2D eigenvalue weighted by molar-refractivity contribution is 6.02. The van der Waals surface area contributed by atoms with Gasteiger partial charge in [0, 0.05) is 23.4 Å². The molecular weight excluding hydrogens is 436 g/mol. The number of nitrogens with one attached hydrogen (secondary N) is 1. The van der Waals surface area contributed by atoms with Crippen LogP contribution in [-0.2, 0) is 5.66 Å². The molecule has 3 aromatic carbocycles. The van der Waals surface area contributed by atoms with Gasteiger partial charge in [-0.05, 0) is 49.7 Å². The van der Waals surface area contributed by atoms with Crippen LogP contribution >= 0.6 is 0 Å². The van der Waals surface area contributed by atoms with E-state index in [-0.39, 0.29) is 11.6 Å². The number of anilines is 1. The number of non-ortho nitro benzene ring substituents is 1. The zero-order chi connectivity index (χ0) is 24.3. The summed E-state index contributed by atoms with van der Waals surface area (Å²) in [4.78, 5) is 24.4. The number of fused-ring (bicyclic) bond motifs is 1. The molecule has 0 aromatic heterocycles. The molecular formula is C25H24N4O5. The number of rotatable bonds is 7. The van der Waals surface area contributed by atoms with Gasteiger partial charge in [0.25, 0.3) is 11.6 Å². The molecule has 0 saturated carbocycles. The molecule has 1 amide bonds. The number of methoxy groups -OCH3 is 1. The minimum atomic E-state index is -1.18. The number of nitrogens with zero attached hydrogens (tertiary/aromatic N) is 3. The first-order valence-electron chi connectivity index (χ1n) is 10.7. The fourth-order valence-electron chi connectivity index (χ4n) is 3.86. The average molecular weight is 460 g/mol. The molecule has 1 heterocycles. The van der Waals surface area contributed by atoms with Gasteiger partial charge in [0.2, 0.25) is 0 Å². The molecule has 1 aliphatic rings. The van der Waals surface area contributed by atoms with Crippen molar-refractivity contribution in [1.29, 1.82) is 0 Å². The lowest BCUT2D eigenvalue weighted by atomic mass is 9.95. The van der Waals surface area contributed by atoms with Crippen LogP contribution in [0.2, 0.25) is 0 Å². The summed E-state index contributed by atoms with van der Waals surface area (Å²) in [6.07, 6.45) is 1.54. The maximum Gasteiger partial charge on any atom is 0.278 e. The summed E-state index contributed by atoms with van der Waals surface area (Å²) in [6, 6.07) is 18.6. The minimum Gasteiger partial charge on any atom is -0.493 e. The van der Waals surface area contributed by atoms with Gasteiger partial charge in [-0.15, -0.1) is 0 Å². The summed E-state index contributed by atoms with van der Waals surface area (Å²) in [5, 5.41) is 20.5. The molecule has 174 valence electrons. The third-order valence-corrected chi connectivity index (χ3v) is 5.58. The first-order valence-corrected chi connectivity index (χ1v) is 10.7. The standard InChI is InChI=1S/C25H24N4O5/c1-4-34-22-13-12-17(14-23(22)33-3)16-26-28-24(30)20-10-5-6-11-21(20)27-25(28,2)18-8-7-9-19(15-18)29(31)32/h5-16,27H,4H2,1-3H3/b26-16+. The third-order valence-electron chi connectivity index (χ3n) is 5.58. The van der Waals surface area contributed by atoms with Gasteiger partial charge in [-0.2, -0.15) is 10.1 Å². The number of hydrazone groups is 1. The fraction of sp³-hybridized carbons (Fsp3) is 0.200. The van der Waals surface area contributed by atoms with Crippen LogP contribution in [0.3, 0.4) is 0 Å². The Hall–Kier alpha value is -4.40. The van der Waals surface area contributed by atoms with Gasteiger partial charge in [-0.1, -0.05) is 24.3 Å². The molecule has 1 aliphatic heterocycles. The van der Waals surface area contributed by atoms with Gasteiger partial charge in [0.1, 0.15) is 0 Å². The molecule has 1 unspecified atom stereocenters. The van der Waals surface area contributed by atoms with E-state index in [1.54, 1.807) is 68.8 Å². The topological polar surface area (TPSA) is 106 Å². The van der Waals surface area contributed by atoms with E-state index in [1.165, 1.54) is 17.1 Å². The van der Waals surface area contributed by atoms with Gasteiger partial charge in [-0.3, -0.25) is 14.9 Å². The summed E-state index contributed by atoms with van der Waals surface area (Å²) >= 11 is 0. The average Bonchev–Trinajstić information content (AvgIpc) is 2.84. The Morgan fingerprint density at radius 1 is 1.12 bits per heavy atom. The van der Waals surface area contributed by atoms with E-state index in [0.717, 1.165) is 0 Å². The lowest BCUT2D eigenvalue weighted by molar-refractivity contribution is -0.385. The molecule has 9 nitrogen and oxygen atoms in total. The Morgan fingerprint density at radius 2 is 1.91 bits per heavy atom. The van der Waals surface area contributed by atoms with Crippen molar-refractivity contribution in [2.75, 3.05) is 19.0 Å². The van der Waals surface area contributed by atoms with Gasteiger partial charge in [-0.25, -0.2) is 0 Å². The number of carbonyl (C=O) groups is 1. The summed E-state index contributed by atoms with van der Waals surface area (Å²) in [5.41, 5.74) is 1.03. The molecule has 9 heteroatoms. The number of amides is 1. The van der Waals surface area contributed by atoms with Crippen LogP contribution in [0.15, 0.2) is 71.8 Å². The Labute approximate surface area is 196 Å². The summed E-state index contributed by atoms with van der Waals surface area (Å²) < 4.78 is 11.0. The monoisotopic (exact) mass is 460 g/mol. The van der Waals surface area contributed by atoms with E-state index in [2.05, 4.69) is 10.4 Å². The highest BCUT2D eigenvalue weighted by Gasteiger charge is 2.43. The van der Waals surface area contributed by atoms with Crippen LogP contribution in [0.1, 0.15) is 35.3 Å². The molecule has 0 radical (unpaired) electrons. The maximum absolute atomic E-state index is 13.5. The Balaban J connectivity index is 1.79. The largest absolute Gasteiger partial charge is 0.493 e. The second-order valence-electron chi connectivity index (χ2n) is 7.76. The molecule has 0 fully saturated rings. The zero-order valence-corrected chi connectivity index (χ0v) is 19.0. The molecule has 0 aliphatic carbocycles. The number of benzene rings is 3. The van der Waals surface area contributed by atoms with Crippen LogP contribution in [0.25, 0.3) is 0 Å². The van der Waals surface area contributed by atoms with Crippen molar-refractivity contribution in [2.24, 2.45) is 5.10 Å². The molecule has 0 saturated heterocycles. The first kappa shape index (κ1) is 22.8. The molecule has 1 atom stereocenters. The van der Waals surface area contributed by atoms with Gasteiger partial charge < -0.3 is 14.8 Å². The first-order chi connectivity index (χ1) is 16.4. The summed E-state index contributed by atoms with van der Waals surface area (Å²) in [5.74, 6) is 0.812. The van der Waals surface area contributed by atoms with Crippen molar-refractivity contribution in [2.45, 2.75) is 19.5 Å². The van der Waals surface area contributed by atoms with E-state index in [1.807, 2.05) is 13.0 Å². The molecule has 0 bridgehead atoms. The van der Waals surface area contributed by atoms with Crippen molar-refractivity contribution in [3.8, 4) is 11.5 Å². The van der Waals surface area contributed by atoms with Gasteiger partial charge in [0.05, 0.1) is 30.4 Å². The predicted octanol–water partition coefficient (Wildman–Crippen LogP) is 4.78. The van der Waals surface area contributed by atoms with E-state index in [9.17, 15) is 14.9 Å². The number of hydrogen-bond donors (Lipinski definition) is 1. The van der Waals surface area contributed by atoms with Crippen molar-refractivity contribution >= 4 is 23.5 Å². The van der Waals surface area contributed by atoms with Crippen molar-refractivity contribution in [3.05, 3.63) is 93.5 Å².